The molecule has 9 heteroatoms. The maximum absolute atomic E-state index is 12.8. The Morgan fingerprint density at radius 1 is 1.05 bits per heavy atom. The molecule has 3 rings (SSSR count). The molecule has 0 aliphatic rings. The molecular formula is C28H29BrClN3O4. The summed E-state index contributed by atoms with van der Waals surface area (Å²) in [5.41, 5.74) is 4.53. The molecule has 0 aliphatic heterocycles. The fourth-order valence-electron chi connectivity index (χ4n) is 3.42. The van der Waals surface area contributed by atoms with Crippen molar-refractivity contribution in [2.75, 3.05) is 6.61 Å². The summed E-state index contributed by atoms with van der Waals surface area (Å²) < 4.78 is 12.4. The van der Waals surface area contributed by atoms with Gasteiger partial charge < -0.3 is 14.8 Å². The van der Waals surface area contributed by atoms with E-state index in [9.17, 15) is 9.59 Å². The summed E-state index contributed by atoms with van der Waals surface area (Å²) in [6.07, 6.45) is 1.50. The number of carbonyl (C=O) groups is 2. The predicted molar refractivity (Wildman–Crippen MR) is 149 cm³/mol. The second-order valence-electron chi connectivity index (χ2n) is 8.44. The third-order valence-electron chi connectivity index (χ3n) is 5.32. The highest BCUT2D eigenvalue weighted by Crippen LogP contribution is 2.37. The number of halogens is 2. The predicted octanol–water partition coefficient (Wildman–Crippen LogP) is 5.98. The summed E-state index contributed by atoms with van der Waals surface area (Å²) in [4.78, 5) is 25.3. The number of hydrazone groups is 1. The van der Waals surface area contributed by atoms with Crippen LogP contribution in [0.15, 0.2) is 76.3 Å². The molecule has 0 aliphatic carbocycles. The summed E-state index contributed by atoms with van der Waals surface area (Å²) in [6.45, 7) is 6.29. The number of ether oxygens (including phenoxy) is 2. The van der Waals surface area contributed by atoms with E-state index in [4.69, 9.17) is 21.1 Å². The van der Waals surface area contributed by atoms with E-state index in [1.54, 1.807) is 36.4 Å². The number of benzene rings is 3. The quantitative estimate of drug-likeness (QED) is 0.214. The normalized spacial score (nSPS) is 11.8. The highest BCUT2D eigenvalue weighted by Gasteiger charge is 2.24. The Hall–Kier alpha value is -3.36. The van der Waals surface area contributed by atoms with Gasteiger partial charge in [-0.15, -0.1) is 0 Å². The third kappa shape index (κ3) is 8.06. The van der Waals surface area contributed by atoms with Crippen LogP contribution in [-0.2, 0) is 11.4 Å². The van der Waals surface area contributed by atoms with Gasteiger partial charge >= 0.3 is 0 Å². The van der Waals surface area contributed by atoms with Crippen LogP contribution in [0, 0.1) is 5.92 Å². The standard InChI is InChI=1S/C28H29BrClN3O4/c1-4-36-24-15-19(14-22(29)26(24)37-17-21-12-8-9-13-23(21)30)16-31-33-28(35)25(18(2)3)32-27(34)20-10-6-5-7-11-20/h5-16,18,25H,4,17H2,1-3H3,(H,32,34)(H,33,35). The highest BCUT2D eigenvalue weighted by atomic mass is 79.9. The van der Waals surface area contributed by atoms with E-state index in [-0.39, 0.29) is 18.4 Å². The number of hydrogen-bond acceptors (Lipinski definition) is 5. The van der Waals surface area contributed by atoms with Crippen molar-refractivity contribution in [3.63, 3.8) is 0 Å². The second kappa shape index (κ2) is 13.8. The number of carbonyl (C=O) groups excluding carboxylic acids is 2. The molecular weight excluding hydrogens is 558 g/mol. The Morgan fingerprint density at radius 2 is 1.76 bits per heavy atom. The van der Waals surface area contributed by atoms with Gasteiger partial charge in [0.05, 0.1) is 17.3 Å². The van der Waals surface area contributed by atoms with Crippen LogP contribution in [0.5, 0.6) is 11.5 Å². The molecule has 0 fully saturated rings. The Bertz CT molecular complexity index is 1250. The second-order valence-corrected chi connectivity index (χ2v) is 9.70. The van der Waals surface area contributed by atoms with Gasteiger partial charge in [0.25, 0.3) is 11.8 Å². The van der Waals surface area contributed by atoms with Crippen LogP contribution in [-0.4, -0.2) is 30.7 Å². The molecule has 0 bridgehead atoms. The van der Waals surface area contributed by atoms with Gasteiger partial charge in [-0.05, 0) is 64.7 Å². The van der Waals surface area contributed by atoms with Gasteiger partial charge in [-0.1, -0.05) is 61.8 Å². The smallest absolute Gasteiger partial charge is 0.262 e. The summed E-state index contributed by atoms with van der Waals surface area (Å²) in [5.74, 6) is 0.171. The van der Waals surface area contributed by atoms with Gasteiger partial charge in [-0.3, -0.25) is 9.59 Å². The van der Waals surface area contributed by atoms with Crippen molar-refractivity contribution in [3.05, 3.63) is 92.9 Å². The number of rotatable bonds is 11. The number of hydrogen-bond donors (Lipinski definition) is 2. The van der Waals surface area contributed by atoms with Crippen molar-refractivity contribution < 1.29 is 19.1 Å². The number of nitrogens with one attached hydrogen (secondary N) is 2. The van der Waals surface area contributed by atoms with Crippen molar-refractivity contribution in [2.24, 2.45) is 11.0 Å². The van der Waals surface area contributed by atoms with Gasteiger partial charge in [0.2, 0.25) is 0 Å². The first-order chi connectivity index (χ1) is 17.8. The molecule has 3 aromatic carbocycles. The first-order valence-electron chi connectivity index (χ1n) is 11.8. The maximum Gasteiger partial charge on any atom is 0.262 e. The first-order valence-corrected chi connectivity index (χ1v) is 13.0. The van der Waals surface area contributed by atoms with Crippen LogP contribution >= 0.6 is 27.5 Å². The fourth-order valence-corrected chi connectivity index (χ4v) is 4.18. The zero-order valence-corrected chi connectivity index (χ0v) is 23.2. The van der Waals surface area contributed by atoms with Crippen LogP contribution in [0.3, 0.4) is 0 Å². The molecule has 3 aromatic rings. The van der Waals surface area contributed by atoms with E-state index >= 15 is 0 Å². The topological polar surface area (TPSA) is 89.0 Å². The zero-order chi connectivity index (χ0) is 26.8. The van der Waals surface area contributed by atoms with Gasteiger partial charge in [-0.25, -0.2) is 5.43 Å². The summed E-state index contributed by atoms with van der Waals surface area (Å²) in [7, 11) is 0. The minimum atomic E-state index is -0.754. The van der Waals surface area contributed by atoms with Crippen LogP contribution in [0.25, 0.3) is 0 Å². The average Bonchev–Trinajstić information content (AvgIpc) is 2.88. The van der Waals surface area contributed by atoms with Crippen molar-refractivity contribution in [1.29, 1.82) is 0 Å². The van der Waals surface area contributed by atoms with Crippen molar-refractivity contribution in [1.82, 2.24) is 10.7 Å². The number of amides is 2. The van der Waals surface area contributed by atoms with Gasteiger partial charge in [0.1, 0.15) is 12.6 Å². The lowest BCUT2D eigenvalue weighted by atomic mass is 10.0. The molecule has 0 saturated carbocycles. The van der Waals surface area contributed by atoms with Crippen LogP contribution < -0.4 is 20.2 Å². The highest BCUT2D eigenvalue weighted by molar-refractivity contribution is 9.10. The summed E-state index contributed by atoms with van der Waals surface area (Å²) in [6, 6.07) is 19.0. The van der Waals surface area contributed by atoms with Crippen molar-refractivity contribution >= 4 is 45.6 Å². The van der Waals surface area contributed by atoms with Crippen molar-refractivity contribution in [2.45, 2.75) is 33.4 Å². The lowest BCUT2D eigenvalue weighted by Gasteiger charge is -2.20. The van der Waals surface area contributed by atoms with E-state index in [0.717, 1.165) is 5.56 Å². The molecule has 0 saturated heterocycles. The summed E-state index contributed by atoms with van der Waals surface area (Å²) >= 11 is 9.78. The van der Waals surface area contributed by atoms with E-state index < -0.39 is 11.9 Å². The van der Waals surface area contributed by atoms with E-state index in [0.29, 0.717) is 38.7 Å². The average molecular weight is 587 g/mol. The van der Waals surface area contributed by atoms with E-state index in [1.165, 1.54) is 6.21 Å². The molecule has 0 heterocycles. The number of nitrogens with zero attached hydrogens (tertiary/aromatic N) is 1. The zero-order valence-electron chi connectivity index (χ0n) is 20.8. The SMILES string of the molecule is CCOc1cc(C=NNC(=O)C(NC(=O)c2ccccc2)C(C)C)cc(Br)c1OCc1ccccc1Cl. The Labute approximate surface area is 230 Å². The van der Waals surface area contributed by atoms with E-state index in [2.05, 4.69) is 31.8 Å². The van der Waals surface area contributed by atoms with E-state index in [1.807, 2.05) is 51.1 Å². The molecule has 194 valence electrons. The first kappa shape index (κ1) is 28.2. The fraction of sp³-hybridized carbons (Fsp3) is 0.250. The van der Waals surface area contributed by atoms with Gasteiger partial charge in [0, 0.05) is 16.1 Å². The largest absolute Gasteiger partial charge is 0.490 e. The lowest BCUT2D eigenvalue weighted by molar-refractivity contribution is -0.123. The lowest BCUT2D eigenvalue weighted by Crippen LogP contribution is -2.48. The Kier molecular flexibility index (Phi) is 10.5. The van der Waals surface area contributed by atoms with Crippen molar-refractivity contribution in [3.8, 4) is 11.5 Å². The van der Waals surface area contributed by atoms with Crippen LogP contribution in [0.2, 0.25) is 5.02 Å². The van der Waals surface area contributed by atoms with Gasteiger partial charge in [0.15, 0.2) is 11.5 Å². The molecule has 2 amide bonds. The Balaban J connectivity index is 1.69. The molecule has 2 N–H and O–H groups in total. The molecule has 1 unspecified atom stereocenters. The van der Waals surface area contributed by atoms with Crippen LogP contribution in [0.1, 0.15) is 42.3 Å². The summed E-state index contributed by atoms with van der Waals surface area (Å²) in [5, 5.41) is 7.49. The molecule has 0 radical (unpaired) electrons. The monoisotopic (exact) mass is 585 g/mol. The Morgan fingerprint density at radius 3 is 2.43 bits per heavy atom. The molecule has 7 nitrogen and oxygen atoms in total. The van der Waals surface area contributed by atoms with Crippen LogP contribution in [0.4, 0.5) is 0 Å². The molecule has 1 atom stereocenters. The minimum absolute atomic E-state index is 0.142. The molecule has 0 spiro atoms. The molecule has 37 heavy (non-hydrogen) atoms. The van der Waals surface area contributed by atoms with Gasteiger partial charge in [-0.2, -0.15) is 5.10 Å². The maximum atomic E-state index is 12.8. The third-order valence-corrected chi connectivity index (χ3v) is 6.28. The minimum Gasteiger partial charge on any atom is -0.490 e. The molecule has 0 aromatic heterocycles.